The van der Waals surface area contributed by atoms with E-state index in [1.807, 2.05) is 25.2 Å². The molecule has 152 valence electrons. The van der Waals surface area contributed by atoms with Gasteiger partial charge in [0.15, 0.2) is 0 Å². The lowest BCUT2D eigenvalue weighted by molar-refractivity contribution is 0.589. The summed E-state index contributed by atoms with van der Waals surface area (Å²) in [6.07, 6.45) is 3.46. The summed E-state index contributed by atoms with van der Waals surface area (Å²) < 4.78 is 2.10. The summed E-state index contributed by atoms with van der Waals surface area (Å²) in [4.78, 5) is 11.1. The number of benzene rings is 1. The van der Waals surface area contributed by atoms with Gasteiger partial charge in [0.2, 0.25) is 0 Å². The lowest BCUT2D eigenvalue weighted by Gasteiger charge is -2.29. The Morgan fingerprint density at radius 2 is 1.63 bits per heavy atom. The van der Waals surface area contributed by atoms with Gasteiger partial charge in [-0.3, -0.25) is 0 Å². The number of halogens is 2. The molecule has 0 atom stereocenters. The van der Waals surface area contributed by atoms with Crippen LogP contribution in [0.25, 0.3) is 33.4 Å². The number of nitrogens with one attached hydrogen (secondary N) is 1. The summed E-state index contributed by atoms with van der Waals surface area (Å²) >= 11 is 12.9. The summed E-state index contributed by atoms with van der Waals surface area (Å²) in [6, 6.07) is 14.4. The lowest BCUT2D eigenvalue weighted by atomic mass is 9.99. The Balaban J connectivity index is 1.70. The molecule has 7 heteroatoms. The summed E-state index contributed by atoms with van der Waals surface area (Å²) in [5.41, 5.74) is 6.23. The zero-order valence-electron chi connectivity index (χ0n) is 16.6. The van der Waals surface area contributed by atoms with E-state index >= 15 is 0 Å². The predicted molar refractivity (Wildman–Crippen MR) is 124 cm³/mol. The molecule has 3 aromatic heterocycles. The molecule has 0 bridgehead atoms. The van der Waals surface area contributed by atoms with Crippen LogP contribution < -0.4 is 10.2 Å². The Kier molecular flexibility index (Phi) is 5.11. The van der Waals surface area contributed by atoms with Crippen molar-refractivity contribution < 1.29 is 0 Å². The van der Waals surface area contributed by atoms with Crippen LogP contribution in [0.2, 0.25) is 10.2 Å². The summed E-state index contributed by atoms with van der Waals surface area (Å²) in [7, 11) is 2.03. The molecule has 0 radical (unpaired) electrons. The van der Waals surface area contributed by atoms with Crippen LogP contribution in [0.5, 0.6) is 0 Å². The van der Waals surface area contributed by atoms with E-state index in [1.54, 1.807) is 12.4 Å². The van der Waals surface area contributed by atoms with Crippen LogP contribution in [0.15, 0.2) is 54.9 Å². The van der Waals surface area contributed by atoms with Crippen molar-refractivity contribution in [2.24, 2.45) is 7.05 Å². The van der Waals surface area contributed by atoms with Crippen molar-refractivity contribution in [2.45, 2.75) is 0 Å². The van der Waals surface area contributed by atoms with Gasteiger partial charge in [0.05, 0.1) is 10.7 Å². The molecule has 1 fully saturated rings. The van der Waals surface area contributed by atoms with Crippen LogP contribution in [0.1, 0.15) is 0 Å². The number of hydrogen-bond acceptors (Lipinski definition) is 4. The van der Waals surface area contributed by atoms with Gasteiger partial charge in [0, 0.05) is 62.3 Å². The largest absolute Gasteiger partial charge is 0.369 e. The van der Waals surface area contributed by atoms with Crippen molar-refractivity contribution >= 4 is 39.9 Å². The maximum atomic E-state index is 6.64. The van der Waals surface area contributed by atoms with Gasteiger partial charge in [0.25, 0.3) is 0 Å². The highest BCUT2D eigenvalue weighted by Crippen LogP contribution is 2.43. The Labute approximate surface area is 185 Å². The molecule has 5 nitrogen and oxygen atoms in total. The van der Waals surface area contributed by atoms with Crippen molar-refractivity contribution in [3.8, 4) is 22.4 Å². The van der Waals surface area contributed by atoms with Gasteiger partial charge in [0.1, 0.15) is 10.8 Å². The molecular formula is C23H21Cl2N5. The second-order valence-corrected chi connectivity index (χ2v) is 8.22. The van der Waals surface area contributed by atoms with Gasteiger partial charge < -0.3 is 14.8 Å². The molecule has 1 N–H and O–H groups in total. The topological polar surface area (TPSA) is 46.0 Å². The normalized spacial score (nSPS) is 14.4. The molecule has 4 heterocycles. The molecule has 1 aliphatic rings. The Hall–Kier alpha value is -2.60. The number of hydrogen-bond donors (Lipinski definition) is 1. The number of piperazine rings is 1. The van der Waals surface area contributed by atoms with Gasteiger partial charge in [-0.05, 0) is 41.5 Å². The Morgan fingerprint density at radius 3 is 2.37 bits per heavy atom. The van der Waals surface area contributed by atoms with E-state index < -0.39 is 0 Å². The average molecular weight is 438 g/mol. The van der Waals surface area contributed by atoms with E-state index in [9.17, 15) is 0 Å². The molecule has 5 rings (SSSR count). The molecule has 30 heavy (non-hydrogen) atoms. The number of nitrogens with zero attached hydrogens (tertiary/aromatic N) is 4. The van der Waals surface area contributed by atoms with Crippen LogP contribution in [0, 0.1) is 0 Å². The van der Waals surface area contributed by atoms with Gasteiger partial charge in [-0.25, -0.2) is 9.97 Å². The van der Waals surface area contributed by atoms with E-state index in [-0.39, 0.29) is 0 Å². The highest BCUT2D eigenvalue weighted by molar-refractivity contribution is 6.37. The fraction of sp³-hybridized carbons (Fsp3) is 0.217. The standard InChI is InChI=1S/C23H21Cl2N5/c1-29-22(15-2-4-17(5-3-15)30-12-10-26-11-13-30)20(16-6-8-27-19(25)14-16)21-18(24)7-9-28-23(21)29/h2-9,14,26H,10-13H2,1H3. The number of aryl methyl sites for hydroxylation is 1. The van der Waals surface area contributed by atoms with Crippen LogP contribution in [0.3, 0.4) is 0 Å². The predicted octanol–water partition coefficient (Wildman–Crippen LogP) is 5.02. The molecule has 1 aromatic carbocycles. The fourth-order valence-corrected chi connectivity index (χ4v) is 4.64. The average Bonchev–Trinajstić information content (AvgIpc) is 3.08. The molecule has 0 spiro atoms. The third-order valence-corrected chi connectivity index (χ3v) is 6.18. The first-order valence-corrected chi connectivity index (χ1v) is 10.7. The van der Waals surface area contributed by atoms with Gasteiger partial charge in [-0.2, -0.15) is 0 Å². The molecule has 0 aliphatic carbocycles. The van der Waals surface area contributed by atoms with Crippen molar-refractivity contribution in [1.82, 2.24) is 19.9 Å². The summed E-state index contributed by atoms with van der Waals surface area (Å²) in [5, 5.41) is 5.44. The number of fused-ring (bicyclic) bond motifs is 1. The highest BCUT2D eigenvalue weighted by Gasteiger charge is 2.22. The first-order valence-electron chi connectivity index (χ1n) is 9.94. The maximum Gasteiger partial charge on any atom is 0.142 e. The van der Waals surface area contributed by atoms with Gasteiger partial charge >= 0.3 is 0 Å². The third-order valence-electron chi connectivity index (χ3n) is 5.66. The minimum atomic E-state index is 0.449. The van der Waals surface area contributed by atoms with Crippen LogP contribution in [0.4, 0.5) is 5.69 Å². The highest BCUT2D eigenvalue weighted by atomic mass is 35.5. The Morgan fingerprint density at radius 1 is 0.900 bits per heavy atom. The van der Waals surface area contributed by atoms with Crippen LogP contribution >= 0.6 is 23.2 Å². The smallest absolute Gasteiger partial charge is 0.142 e. The minimum absolute atomic E-state index is 0.449. The summed E-state index contributed by atoms with van der Waals surface area (Å²) in [6.45, 7) is 4.07. The second kappa shape index (κ2) is 7.91. The number of anilines is 1. The lowest BCUT2D eigenvalue weighted by Crippen LogP contribution is -2.43. The third kappa shape index (κ3) is 3.33. The zero-order valence-corrected chi connectivity index (χ0v) is 18.1. The van der Waals surface area contributed by atoms with Gasteiger partial charge in [-0.1, -0.05) is 35.3 Å². The van der Waals surface area contributed by atoms with Crippen molar-refractivity contribution in [1.29, 1.82) is 0 Å². The van der Waals surface area contributed by atoms with E-state index in [2.05, 4.69) is 49.0 Å². The van der Waals surface area contributed by atoms with E-state index in [0.717, 1.165) is 59.6 Å². The van der Waals surface area contributed by atoms with Crippen LogP contribution in [-0.2, 0) is 7.05 Å². The molecule has 0 unspecified atom stereocenters. The van der Waals surface area contributed by atoms with Gasteiger partial charge in [-0.15, -0.1) is 0 Å². The number of pyridine rings is 2. The molecule has 1 aliphatic heterocycles. The molecule has 0 saturated carbocycles. The second-order valence-electron chi connectivity index (χ2n) is 7.43. The SMILES string of the molecule is Cn1c(-c2ccc(N3CCNCC3)cc2)c(-c2ccnc(Cl)c2)c2c(Cl)ccnc21. The molecule has 1 saturated heterocycles. The molecular weight excluding hydrogens is 417 g/mol. The van der Waals surface area contributed by atoms with Crippen LogP contribution in [-0.4, -0.2) is 40.7 Å². The maximum absolute atomic E-state index is 6.64. The van der Waals surface area contributed by atoms with Crippen molar-refractivity contribution in [3.63, 3.8) is 0 Å². The first kappa shape index (κ1) is 19.4. The van der Waals surface area contributed by atoms with E-state index in [4.69, 9.17) is 23.2 Å². The zero-order chi connectivity index (χ0) is 20.7. The fourth-order valence-electron chi connectivity index (χ4n) is 4.24. The van der Waals surface area contributed by atoms with Crippen molar-refractivity contribution in [2.75, 3.05) is 31.1 Å². The molecule has 4 aromatic rings. The van der Waals surface area contributed by atoms with E-state index in [0.29, 0.717) is 10.2 Å². The van der Waals surface area contributed by atoms with E-state index in [1.165, 1.54) is 5.69 Å². The quantitative estimate of drug-likeness (QED) is 0.457. The number of aromatic nitrogens is 3. The monoisotopic (exact) mass is 437 g/mol. The Bertz CT molecular complexity index is 1210. The molecule has 0 amide bonds. The van der Waals surface area contributed by atoms with Crippen molar-refractivity contribution in [3.05, 3.63) is 65.0 Å². The number of rotatable bonds is 3. The first-order chi connectivity index (χ1) is 14.6. The minimum Gasteiger partial charge on any atom is -0.369 e. The summed E-state index contributed by atoms with van der Waals surface area (Å²) in [5.74, 6) is 0.